The van der Waals surface area contributed by atoms with Crippen molar-refractivity contribution in [3.8, 4) is 0 Å². The fourth-order valence-corrected chi connectivity index (χ4v) is 3.43. The van der Waals surface area contributed by atoms with Crippen LogP contribution < -0.4 is 4.90 Å². The maximum absolute atomic E-state index is 13.4. The summed E-state index contributed by atoms with van der Waals surface area (Å²) < 4.78 is 13.4. The lowest BCUT2D eigenvalue weighted by Crippen LogP contribution is -2.44. The highest BCUT2D eigenvalue weighted by Crippen LogP contribution is 2.29. The van der Waals surface area contributed by atoms with Crippen LogP contribution in [0.25, 0.3) is 0 Å². The average Bonchev–Trinajstić information content (AvgIpc) is 2.86. The van der Waals surface area contributed by atoms with Crippen LogP contribution in [0.5, 0.6) is 0 Å². The summed E-state index contributed by atoms with van der Waals surface area (Å²) in [5.41, 5.74) is 2.05. The minimum atomic E-state index is -0.453. The molecule has 0 saturated carbocycles. The van der Waals surface area contributed by atoms with Crippen molar-refractivity contribution in [1.82, 2.24) is 4.90 Å². The van der Waals surface area contributed by atoms with Crippen molar-refractivity contribution in [2.75, 3.05) is 18.0 Å². The Kier molecular flexibility index (Phi) is 3.60. The lowest BCUT2D eigenvalue weighted by atomic mass is 10.0. The Balaban J connectivity index is 1.58. The van der Waals surface area contributed by atoms with Gasteiger partial charge in [-0.05, 0) is 48.7 Å². The fourth-order valence-electron chi connectivity index (χ4n) is 3.43. The summed E-state index contributed by atoms with van der Waals surface area (Å²) in [6.45, 7) is 0.170. The Morgan fingerprint density at radius 1 is 1.04 bits per heavy atom. The molecule has 0 atom stereocenters. The van der Waals surface area contributed by atoms with Gasteiger partial charge >= 0.3 is 0 Å². The number of aryl methyl sites for hydroxylation is 1. The number of nitrogens with zero attached hydrogens (tertiary/aromatic N) is 2. The molecule has 0 fully saturated rings. The van der Waals surface area contributed by atoms with E-state index in [1.165, 1.54) is 17.0 Å². The number of carbonyl (C=O) groups excluding carboxylic acids is 3. The van der Waals surface area contributed by atoms with Crippen LogP contribution in [-0.2, 0) is 11.2 Å². The van der Waals surface area contributed by atoms with Crippen LogP contribution in [0.2, 0.25) is 0 Å². The van der Waals surface area contributed by atoms with Gasteiger partial charge in [0.05, 0.1) is 11.1 Å². The molecule has 6 heteroatoms. The second-order valence-corrected chi connectivity index (χ2v) is 6.16. The van der Waals surface area contributed by atoms with Crippen LogP contribution in [0.15, 0.2) is 42.5 Å². The molecule has 25 heavy (non-hydrogen) atoms. The summed E-state index contributed by atoms with van der Waals surface area (Å²) in [7, 11) is 0. The molecule has 2 aromatic carbocycles. The standard InChI is InChI=1S/C19H15FN2O3/c20-13-7-8-16-12(10-13)4-3-9-21(16)17(23)11-22-18(24)14-5-1-2-6-15(14)19(22)25/h1-2,5-8,10H,3-4,9,11H2. The number of rotatable bonds is 2. The van der Waals surface area contributed by atoms with Gasteiger partial charge in [-0.25, -0.2) is 4.39 Å². The van der Waals surface area contributed by atoms with E-state index in [4.69, 9.17) is 0 Å². The van der Waals surface area contributed by atoms with E-state index in [1.54, 1.807) is 30.3 Å². The Bertz CT molecular complexity index is 874. The molecule has 0 unspecified atom stereocenters. The minimum Gasteiger partial charge on any atom is -0.311 e. The van der Waals surface area contributed by atoms with Gasteiger partial charge < -0.3 is 4.90 Å². The third-order valence-electron chi connectivity index (χ3n) is 4.63. The van der Waals surface area contributed by atoms with Gasteiger partial charge in [-0.3, -0.25) is 19.3 Å². The molecule has 2 aliphatic rings. The zero-order valence-corrected chi connectivity index (χ0v) is 13.4. The van der Waals surface area contributed by atoms with Crippen molar-refractivity contribution in [3.05, 3.63) is 65.0 Å². The largest absolute Gasteiger partial charge is 0.311 e. The number of halogens is 1. The van der Waals surface area contributed by atoms with Crippen LogP contribution in [0.1, 0.15) is 32.7 Å². The lowest BCUT2D eigenvalue weighted by molar-refractivity contribution is -0.119. The minimum absolute atomic E-state index is 0.316. The maximum atomic E-state index is 13.4. The number of fused-ring (bicyclic) bond motifs is 2. The number of carbonyl (C=O) groups is 3. The molecule has 0 aliphatic carbocycles. The summed E-state index contributed by atoms with van der Waals surface area (Å²) in [6.07, 6.45) is 1.41. The van der Waals surface area contributed by atoms with Crippen molar-refractivity contribution in [2.24, 2.45) is 0 Å². The van der Waals surface area contributed by atoms with Gasteiger partial charge in [0, 0.05) is 12.2 Å². The summed E-state index contributed by atoms with van der Waals surface area (Å²) >= 11 is 0. The normalized spacial score (nSPS) is 16.0. The fraction of sp³-hybridized carbons (Fsp3) is 0.211. The molecule has 126 valence electrons. The van der Waals surface area contributed by atoms with Gasteiger partial charge in [-0.15, -0.1) is 0 Å². The molecule has 4 rings (SSSR count). The third-order valence-corrected chi connectivity index (χ3v) is 4.63. The number of imide groups is 1. The number of anilines is 1. The molecule has 0 saturated heterocycles. The molecule has 0 radical (unpaired) electrons. The smallest absolute Gasteiger partial charge is 0.262 e. The van der Waals surface area contributed by atoms with E-state index in [0.717, 1.165) is 10.5 Å². The third kappa shape index (κ3) is 2.50. The quantitative estimate of drug-likeness (QED) is 0.790. The summed E-state index contributed by atoms with van der Waals surface area (Å²) in [6, 6.07) is 10.8. The first kappa shape index (κ1) is 15.5. The SMILES string of the molecule is O=C1c2ccccc2C(=O)N1CC(=O)N1CCCc2cc(F)ccc21. The monoisotopic (exact) mass is 338 g/mol. The summed E-state index contributed by atoms with van der Waals surface area (Å²) in [5, 5.41) is 0. The highest BCUT2D eigenvalue weighted by Gasteiger charge is 2.37. The van der Waals surface area contributed by atoms with Crippen molar-refractivity contribution in [3.63, 3.8) is 0 Å². The first-order chi connectivity index (χ1) is 12.1. The Hall–Kier alpha value is -3.02. The summed E-state index contributed by atoms with van der Waals surface area (Å²) in [5.74, 6) is -1.59. The van der Waals surface area contributed by atoms with Crippen LogP contribution in [-0.4, -0.2) is 35.7 Å². The lowest BCUT2D eigenvalue weighted by Gasteiger charge is -2.30. The Morgan fingerprint density at radius 3 is 2.40 bits per heavy atom. The van der Waals surface area contributed by atoms with E-state index in [1.807, 2.05) is 0 Å². The highest BCUT2D eigenvalue weighted by molar-refractivity contribution is 6.22. The van der Waals surface area contributed by atoms with Gasteiger partial charge in [0.2, 0.25) is 5.91 Å². The number of amides is 3. The molecule has 2 heterocycles. The van der Waals surface area contributed by atoms with Gasteiger partial charge in [0.15, 0.2) is 0 Å². The van der Waals surface area contributed by atoms with Crippen molar-refractivity contribution >= 4 is 23.4 Å². The Labute approximate surface area is 143 Å². The number of hydrogen-bond donors (Lipinski definition) is 0. The zero-order valence-electron chi connectivity index (χ0n) is 13.4. The van der Waals surface area contributed by atoms with Gasteiger partial charge in [0.1, 0.15) is 12.4 Å². The zero-order chi connectivity index (χ0) is 17.6. The maximum Gasteiger partial charge on any atom is 0.262 e. The van der Waals surface area contributed by atoms with Crippen LogP contribution in [0.4, 0.5) is 10.1 Å². The van der Waals surface area contributed by atoms with Gasteiger partial charge in [-0.1, -0.05) is 12.1 Å². The van der Waals surface area contributed by atoms with Crippen LogP contribution >= 0.6 is 0 Å². The van der Waals surface area contributed by atoms with Crippen LogP contribution in [0.3, 0.4) is 0 Å². The number of hydrogen-bond acceptors (Lipinski definition) is 3. The highest BCUT2D eigenvalue weighted by atomic mass is 19.1. The molecular weight excluding hydrogens is 323 g/mol. The second kappa shape index (κ2) is 5.81. The predicted octanol–water partition coefficient (Wildman–Crippen LogP) is 2.40. The molecule has 5 nitrogen and oxygen atoms in total. The van der Waals surface area contributed by atoms with E-state index in [2.05, 4.69) is 0 Å². The Morgan fingerprint density at radius 2 is 1.72 bits per heavy atom. The predicted molar refractivity (Wildman–Crippen MR) is 88.9 cm³/mol. The molecule has 0 aromatic heterocycles. The summed E-state index contributed by atoms with van der Waals surface area (Å²) in [4.78, 5) is 40.0. The first-order valence-electron chi connectivity index (χ1n) is 8.10. The van der Waals surface area contributed by atoms with E-state index in [0.29, 0.717) is 36.2 Å². The van der Waals surface area contributed by atoms with E-state index in [-0.39, 0.29) is 18.3 Å². The number of benzene rings is 2. The molecule has 0 bridgehead atoms. The molecule has 2 aromatic rings. The van der Waals surface area contributed by atoms with Crippen LogP contribution in [0, 0.1) is 5.82 Å². The van der Waals surface area contributed by atoms with Gasteiger partial charge in [-0.2, -0.15) is 0 Å². The van der Waals surface area contributed by atoms with Crippen molar-refractivity contribution in [1.29, 1.82) is 0 Å². The van der Waals surface area contributed by atoms with E-state index < -0.39 is 11.8 Å². The molecule has 3 amide bonds. The van der Waals surface area contributed by atoms with Crippen molar-refractivity contribution < 1.29 is 18.8 Å². The van der Waals surface area contributed by atoms with E-state index in [9.17, 15) is 18.8 Å². The molecule has 0 spiro atoms. The topological polar surface area (TPSA) is 57.7 Å². The molecule has 0 N–H and O–H groups in total. The average molecular weight is 338 g/mol. The first-order valence-corrected chi connectivity index (χ1v) is 8.10. The van der Waals surface area contributed by atoms with E-state index >= 15 is 0 Å². The molecular formula is C19H15FN2O3. The molecule has 2 aliphatic heterocycles. The second-order valence-electron chi connectivity index (χ2n) is 6.16. The van der Waals surface area contributed by atoms with Crippen molar-refractivity contribution in [2.45, 2.75) is 12.8 Å². The van der Waals surface area contributed by atoms with Gasteiger partial charge in [0.25, 0.3) is 11.8 Å².